The molecule has 2 amide bonds. The number of hydrogen-bond donors (Lipinski definition) is 3. The fourth-order valence-corrected chi connectivity index (χ4v) is 2.65. The first-order valence-corrected chi connectivity index (χ1v) is 8.32. The Morgan fingerprint density at radius 1 is 1.08 bits per heavy atom. The summed E-state index contributed by atoms with van der Waals surface area (Å²) in [5.74, 6) is 0.747. The number of amides is 2. The zero-order valence-corrected chi connectivity index (χ0v) is 13.6. The molecule has 0 atom stereocenters. The number of carbonyl (C=O) groups excluding carboxylic acids is 2. The minimum atomic E-state index is -0.180. The van der Waals surface area contributed by atoms with Crippen molar-refractivity contribution in [3.8, 4) is 0 Å². The predicted molar refractivity (Wildman–Crippen MR) is 95.1 cm³/mol. The maximum atomic E-state index is 12.2. The highest BCUT2D eigenvalue weighted by Gasteiger charge is 2.29. The Labute approximate surface area is 144 Å². The van der Waals surface area contributed by atoms with Crippen LogP contribution in [-0.4, -0.2) is 21.8 Å². The number of anilines is 1. The van der Waals surface area contributed by atoms with Gasteiger partial charge < -0.3 is 15.6 Å². The molecule has 0 saturated heterocycles. The highest BCUT2D eigenvalue weighted by atomic mass is 16.2. The molecular formula is C19H18N4O2. The van der Waals surface area contributed by atoms with Crippen molar-refractivity contribution in [1.29, 1.82) is 0 Å². The lowest BCUT2D eigenvalue weighted by molar-refractivity contribution is -0.117. The van der Waals surface area contributed by atoms with Gasteiger partial charge in [-0.05, 0) is 49.2 Å². The summed E-state index contributed by atoms with van der Waals surface area (Å²) in [7, 11) is 0. The molecule has 6 nitrogen and oxygen atoms in total. The second kappa shape index (κ2) is 6.39. The van der Waals surface area contributed by atoms with Crippen molar-refractivity contribution in [1.82, 2.24) is 15.3 Å². The van der Waals surface area contributed by atoms with E-state index in [2.05, 4.69) is 20.6 Å². The van der Waals surface area contributed by atoms with Crippen LogP contribution in [0.3, 0.4) is 0 Å². The molecule has 1 heterocycles. The van der Waals surface area contributed by atoms with E-state index in [1.54, 1.807) is 24.3 Å². The highest BCUT2D eigenvalue weighted by molar-refractivity contribution is 5.96. The molecule has 0 aliphatic heterocycles. The van der Waals surface area contributed by atoms with Gasteiger partial charge in [0.25, 0.3) is 5.91 Å². The Morgan fingerprint density at radius 3 is 2.56 bits per heavy atom. The van der Waals surface area contributed by atoms with Crippen LogP contribution in [0.2, 0.25) is 0 Å². The number of benzene rings is 2. The van der Waals surface area contributed by atoms with Crippen LogP contribution in [0.1, 0.15) is 29.0 Å². The first-order valence-electron chi connectivity index (χ1n) is 8.32. The molecule has 1 aromatic heterocycles. The number of carbonyl (C=O) groups is 2. The number of aromatic nitrogens is 2. The van der Waals surface area contributed by atoms with Crippen molar-refractivity contribution in [2.45, 2.75) is 19.4 Å². The summed E-state index contributed by atoms with van der Waals surface area (Å²) >= 11 is 0. The fourth-order valence-electron chi connectivity index (χ4n) is 2.65. The van der Waals surface area contributed by atoms with Crippen LogP contribution in [0.5, 0.6) is 0 Å². The van der Waals surface area contributed by atoms with Crippen LogP contribution in [0.15, 0.2) is 48.5 Å². The quantitative estimate of drug-likeness (QED) is 0.670. The van der Waals surface area contributed by atoms with E-state index in [0.29, 0.717) is 23.6 Å². The standard InChI is InChI=1S/C19H18N4O2/c24-18(20-11-17-22-15-3-1-2-4-16(15)23-17)12-7-9-14(10-8-12)21-19(25)13-5-6-13/h1-4,7-10,13H,5-6,11H2,(H,20,24)(H,21,25)(H,22,23). The number of nitrogens with zero attached hydrogens (tertiary/aromatic N) is 1. The largest absolute Gasteiger partial charge is 0.345 e. The summed E-state index contributed by atoms with van der Waals surface area (Å²) in [6, 6.07) is 14.6. The zero-order chi connectivity index (χ0) is 17.2. The molecular weight excluding hydrogens is 316 g/mol. The van der Waals surface area contributed by atoms with Gasteiger partial charge in [-0.25, -0.2) is 4.98 Å². The molecule has 0 bridgehead atoms. The molecule has 0 unspecified atom stereocenters. The van der Waals surface area contributed by atoms with Gasteiger partial charge in [-0.3, -0.25) is 9.59 Å². The van der Waals surface area contributed by atoms with Crippen molar-refractivity contribution in [3.63, 3.8) is 0 Å². The number of aromatic amines is 1. The van der Waals surface area contributed by atoms with Gasteiger partial charge in [0.2, 0.25) is 5.91 Å². The number of para-hydroxylation sites is 2. The summed E-state index contributed by atoms with van der Waals surface area (Å²) in [5, 5.41) is 5.70. The van der Waals surface area contributed by atoms with Crippen LogP contribution >= 0.6 is 0 Å². The van der Waals surface area contributed by atoms with E-state index in [1.165, 1.54) is 0 Å². The molecule has 0 spiro atoms. The van der Waals surface area contributed by atoms with Gasteiger partial charge in [-0.2, -0.15) is 0 Å². The summed E-state index contributed by atoms with van der Waals surface area (Å²) in [6.45, 7) is 0.327. The van der Waals surface area contributed by atoms with Crippen LogP contribution in [0.25, 0.3) is 11.0 Å². The monoisotopic (exact) mass is 334 g/mol. The molecule has 4 rings (SSSR count). The second-order valence-electron chi connectivity index (χ2n) is 6.22. The minimum Gasteiger partial charge on any atom is -0.345 e. The molecule has 3 aromatic rings. The van der Waals surface area contributed by atoms with Crippen LogP contribution in [0, 0.1) is 5.92 Å². The van der Waals surface area contributed by atoms with Crippen LogP contribution in [-0.2, 0) is 11.3 Å². The third kappa shape index (κ3) is 3.52. The van der Waals surface area contributed by atoms with Gasteiger partial charge in [0.05, 0.1) is 17.6 Å². The van der Waals surface area contributed by atoms with Gasteiger partial charge in [0.15, 0.2) is 0 Å². The van der Waals surface area contributed by atoms with Crippen molar-refractivity contribution < 1.29 is 9.59 Å². The van der Waals surface area contributed by atoms with Gasteiger partial charge in [-0.15, -0.1) is 0 Å². The molecule has 0 radical (unpaired) electrons. The van der Waals surface area contributed by atoms with E-state index >= 15 is 0 Å². The normalized spacial score (nSPS) is 13.6. The Morgan fingerprint density at radius 2 is 1.84 bits per heavy atom. The lowest BCUT2D eigenvalue weighted by Gasteiger charge is -2.06. The molecule has 1 saturated carbocycles. The fraction of sp³-hybridized carbons (Fsp3) is 0.211. The molecule has 1 fully saturated rings. The Bertz CT molecular complexity index is 893. The lowest BCUT2D eigenvalue weighted by atomic mass is 10.2. The third-order valence-electron chi connectivity index (χ3n) is 4.22. The SMILES string of the molecule is O=C(NCc1nc2ccccc2[nH]1)c1ccc(NC(=O)C2CC2)cc1. The topological polar surface area (TPSA) is 86.9 Å². The molecule has 126 valence electrons. The number of imidazole rings is 1. The van der Waals surface area contributed by atoms with E-state index in [4.69, 9.17) is 0 Å². The van der Waals surface area contributed by atoms with Crippen molar-refractivity contribution in [2.24, 2.45) is 5.92 Å². The van der Waals surface area contributed by atoms with E-state index in [0.717, 1.165) is 23.9 Å². The van der Waals surface area contributed by atoms with Gasteiger partial charge in [0.1, 0.15) is 5.82 Å². The first kappa shape index (κ1) is 15.4. The number of rotatable bonds is 5. The van der Waals surface area contributed by atoms with E-state index in [1.807, 2.05) is 24.3 Å². The maximum absolute atomic E-state index is 12.2. The first-order chi connectivity index (χ1) is 12.2. The summed E-state index contributed by atoms with van der Waals surface area (Å²) in [6.07, 6.45) is 1.93. The molecule has 3 N–H and O–H groups in total. The smallest absolute Gasteiger partial charge is 0.251 e. The van der Waals surface area contributed by atoms with Crippen molar-refractivity contribution in [3.05, 3.63) is 59.9 Å². The molecule has 1 aliphatic carbocycles. The number of H-pyrrole nitrogens is 1. The predicted octanol–water partition coefficient (Wildman–Crippen LogP) is 2.84. The maximum Gasteiger partial charge on any atom is 0.251 e. The number of fused-ring (bicyclic) bond motifs is 1. The van der Waals surface area contributed by atoms with E-state index in [9.17, 15) is 9.59 Å². The lowest BCUT2D eigenvalue weighted by Crippen LogP contribution is -2.23. The zero-order valence-electron chi connectivity index (χ0n) is 13.6. The third-order valence-corrected chi connectivity index (χ3v) is 4.22. The summed E-state index contributed by atoms with van der Waals surface area (Å²) in [4.78, 5) is 31.6. The Hall–Kier alpha value is -3.15. The summed E-state index contributed by atoms with van der Waals surface area (Å²) in [5.41, 5.74) is 3.08. The average molecular weight is 334 g/mol. The second-order valence-corrected chi connectivity index (χ2v) is 6.22. The van der Waals surface area contributed by atoms with Crippen LogP contribution < -0.4 is 10.6 Å². The van der Waals surface area contributed by atoms with Crippen LogP contribution in [0.4, 0.5) is 5.69 Å². The van der Waals surface area contributed by atoms with E-state index < -0.39 is 0 Å². The molecule has 25 heavy (non-hydrogen) atoms. The number of nitrogens with one attached hydrogen (secondary N) is 3. The molecule has 6 heteroatoms. The Balaban J connectivity index is 1.36. The Kier molecular flexibility index (Phi) is 3.93. The van der Waals surface area contributed by atoms with Crippen molar-refractivity contribution in [2.75, 3.05) is 5.32 Å². The van der Waals surface area contributed by atoms with Gasteiger partial charge >= 0.3 is 0 Å². The summed E-state index contributed by atoms with van der Waals surface area (Å²) < 4.78 is 0. The van der Waals surface area contributed by atoms with Gasteiger partial charge in [-0.1, -0.05) is 12.1 Å². The average Bonchev–Trinajstić information content (AvgIpc) is 3.40. The minimum absolute atomic E-state index is 0.0575. The molecule has 1 aliphatic rings. The highest BCUT2D eigenvalue weighted by Crippen LogP contribution is 2.30. The van der Waals surface area contributed by atoms with Crippen molar-refractivity contribution >= 4 is 28.5 Å². The molecule has 2 aromatic carbocycles. The van der Waals surface area contributed by atoms with E-state index in [-0.39, 0.29) is 17.7 Å². The van der Waals surface area contributed by atoms with Gasteiger partial charge in [0, 0.05) is 17.2 Å². The number of hydrogen-bond acceptors (Lipinski definition) is 3.